The minimum absolute atomic E-state index is 0.265. The molecule has 1 aliphatic heterocycles. The highest BCUT2D eigenvalue weighted by atomic mass is 32.2. The number of furan rings is 1. The lowest BCUT2D eigenvalue weighted by Gasteiger charge is -2.12. The second-order valence-corrected chi connectivity index (χ2v) is 6.58. The van der Waals surface area contributed by atoms with Crippen LogP contribution in [0.3, 0.4) is 0 Å². The summed E-state index contributed by atoms with van der Waals surface area (Å²) >= 11 is 0.806. The molecule has 1 aromatic carbocycles. The molecular weight excluding hydrogens is 352 g/mol. The SMILES string of the molecule is Cc1cccc(NC(=O)CN2C(=O)SC(=CC=Cc3ccco3)C2=O)c1. The minimum atomic E-state index is -0.483. The number of aryl methyl sites for hydroxylation is 1. The van der Waals surface area contributed by atoms with E-state index in [0.29, 0.717) is 11.4 Å². The Kier molecular flexibility index (Phi) is 5.38. The number of hydrogen-bond acceptors (Lipinski definition) is 5. The van der Waals surface area contributed by atoms with Crippen molar-refractivity contribution in [2.24, 2.45) is 0 Å². The van der Waals surface area contributed by atoms with Crippen molar-refractivity contribution in [2.45, 2.75) is 6.92 Å². The predicted molar refractivity (Wildman–Crippen MR) is 100 cm³/mol. The normalized spacial score (nSPS) is 16.0. The quantitative estimate of drug-likeness (QED) is 0.812. The molecule has 132 valence electrons. The zero-order valence-electron chi connectivity index (χ0n) is 14.0. The van der Waals surface area contributed by atoms with Gasteiger partial charge in [-0.15, -0.1) is 0 Å². The molecule has 0 unspecified atom stereocenters. The van der Waals surface area contributed by atoms with Gasteiger partial charge in [-0.25, -0.2) is 0 Å². The van der Waals surface area contributed by atoms with Gasteiger partial charge >= 0.3 is 0 Å². The van der Waals surface area contributed by atoms with Crippen molar-refractivity contribution < 1.29 is 18.8 Å². The fourth-order valence-corrected chi connectivity index (χ4v) is 3.12. The fourth-order valence-electron chi connectivity index (χ4n) is 2.33. The van der Waals surface area contributed by atoms with E-state index in [2.05, 4.69) is 5.32 Å². The molecule has 1 fully saturated rings. The van der Waals surface area contributed by atoms with Crippen LogP contribution in [0, 0.1) is 6.92 Å². The monoisotopic (exact) mass is 368 g/mol. The molecule has 3 rings (SSSR count). The van der Waals surface area contributed by atoms with Gasteiger partial charge in [0.2, 0.25) is 5.91 Å². The van der Waals surface area contributed by atoms with E-state index in [4.69, 9.17) is 4.42 Å². The first-order valence-electron chi connectivity index (χ1n) is 7.85. The number of carbonyl (C=O) groups excluding carboxylic acids is 3. The maximum atomic E-state index is 12.3. The molecule has 1 aliphatic rings. The average Bonchev–Trinajstić information content (AvgIpc) is 3.19. The first-order chi connectivity index (χ1) is 12.5. The van der Waals surface area contributed by atoms with Crippen LogP contribution in [0.5, 0.6) is 0 Å². The number of nitrogens with zero attached hydrogens (tertiary/aromatic N) is 1. The number of rotatable bonds is 5. The van der Waals surface area contributed by atoms with Crippen LogP contribution in [0.2, 0.25) is 0 Å². The maximum absolute atomic E-state index is 12.3. The van der Waals surface area contributed by atoms with Crippen LogP contribution in [0.4, 0.5) is 10.5 Å². The molecule has 7 heteroatoms. The number of allylic oxidation sites excluding steroid dienone is 2. The van der Waals surface area contributed by atoms with Crippen LogP contribution in [-0.4, -0.2) is 28.5 Å². The summed E-state index contributed by atoms with van der Waals surface area (Å²) in [5, 5.41) is 2.22. The van der Waals surface area contributed by atoms with Gasteiger partial charge in [-0.1, -0.05) is 18.2 Å². The second kappa shape index (κ2) is 7.88. The van der Waals surface area contributed by atoms with Gasteiger partial charge in [0.15, 0.2) is 0 Å². The van der Waals surface area contributed by atoms with Crippen LogP contribution >= 0.6 is 11.8 Å². The van der Waals surface area contributed by atoms with Crippen LogP contribution in [0.15, 0.2) is 64.1 Å². The Morgan fingerprint density at radius 3 is 2.85 bits per heavy atom. The molecule has 6 nitrogen and oxygen atoms in total. The molecule has 1 N–H and O–H groups in total. The lowest BCUT2D eigenvalue weighted by molar-refractivity contribution is -0.127. The fraction of sp³-hybridized carbons (Fsp3) is 0.105. The Morgan fingerprint density at radius 2 is 2.12 bits per heavy atom. The first kappa shape index (κ1) is 17.8. The summed E-state index contributed by atoms with van der Waals surface area (Å²) in [6, 6.07) is 10.8. The van der Waals surface area contributed by atoms with Gasteiger partial charge in [-0.05, 0) is 60.7 Å². The van der Waals surface area contributed by atoms with Gasteiger partial charge in [0, 0.05) is 5.69 Å². The van der Waals surface area contributed by atoms with Gasteiger partial charge in [-0.3, -0.25) is 19.3 Å². The lowest BCUT2D eigenvalue weighted by atomic mass is 10.2. The second-order valence-electron chi connectivity index (χ2n) is 5.58. The van der Waals surface area contributed by atoms with Gasteiger partial charge in [0.25, 0.3) is 11.1 Å². The number of amides is 3. The summed E-state index contributed by atoms with van der Waals surface area (Å²) in [5.41, 5.74) is 1.62. The van der Waals surface area contributed by atoms with Crippen molar-refractivity contribution in [2.75, 3.05) is 11.9 Å². The largest absolute Gasteiger partial charge is 0.465 e. The van der Waals surface area contributed by atoms with E-state index in [1.54, 1.807) is 36.6 Å². The number of nitrogens with one attached hydrogen (secondary N) is 1. The van der Waals surface area contributed by atoms with E-state index in [9.17, 15) is 14.4 Å². The summed E-state index contributed by atoms with van der Waals surface area (Å²) < 4.78 is 5.15. The summed E-state index contributed by atoms with van der Waals surface area (Å²) in [6.07, 6.45) is 6.38. The van der Waals surface area contributed by atoms with Gasteiger partial charge in [0.1, 0.15) is 12.3 Å². The van der Waals surface area contributed by atoms with E-state index in [0.717, 1.165) is 22.2 Å². The number of hydrogen-bond donors (Lipinski definition) is 1. The average molecular weight is 368 g/mol. The molecule has 0 atom stereocenters. The van der Waals surface area contributed by atoms with Gasteiger partial charge in [0.05, 0.1) is 11.2 Å². The smallest absolute Gasteiger partial charge is 0.294 e. The Balaban J connectivity index is 1.62. The molecule has 0 bridgehead atoms. The number of imide groups is 1. The highest BCUT2D eigenvalue weighted by molar-refractivity contribution is 8.18. The lowest BCUT2D eigenvalue weighted by Crippen LogP contribution is -2.36. The van der Waals surface area contributed by atoms with Crippen LogP contribution < -0.4 is 5.32 Å². The van der Waals surface area contributed by atoms with E-state index >= 15 is 0 Å². The van der Waals surface area contributed by atoms with E-state index in [1.165, 1.54) is 6.08 Å². The number of benzene rings is 1. The third-order valence-electron chi connectivity index (χ3n) is 3.53. The Hall–Kier alpha value is -3.06. The molecule has 0 spiro atoms. The van der Waals surface area contributed by atoms with Crippen molar-refractivity contribution in [3.8, 4) is 0 Å². The van der Waals surface area contributed by atoms with Crippen molar-refractivity contribution >= 4 is 40.6 Å². The minimum Gasteiger partial charge on any atom is -0.465 e. The predicted octanol–water partition coefficient (Wildman–Crippen LogP) is 3.82. The highest BCUT2D eigenvalue weighted by Gasteiger charge is 2.35. The standard InChI is InChI=1S/C19H16N2O4S/c1-13-5-2-6-14(11-13)20-17(22)12-21-18(23)16(26-19(21)24)9-3-7-15-8-4-10-25-15/h2-11H,12H2,1H3,(H,20,22). The molecule has 0 saturated carbocycles. The Bertz CT molecular complexity index is 900. The Morgan fingerprint density at radius 1 is 1.27 bits per heavy atom. The molecule has 0 radical (unpaired) electrons. The molecule has 2 aromatic rings. The molecule has 1 saturated heterocycles. The number of carbonyl (C=O) groups is 3. The first-order valence-corrected chi connectivity index (χ1v) is 8.66. The van der Waals surface area contributed by atoms with E-state index in [-0.39, 0.29) is 11.4 Å². The van der Waals surface area contributed by atoms with Crippen molar-refractivity contribution in [3.05, 3.63) is 71.0 Å². The van der Waals surface area contributed by atoms with E-state index < -0.39 is 17.1 Å². The number of thioether (sulfide) groups is 1. The third-order valence-corrected chi connectivity index (χ3v) is 4.45. The molecule has 0 aliphatic carbocycles. The van der Waals surface area contributed by atoms with E-state index in [1.807, 2.05) is 25.1 Å². The molecule has 26 heavy (non-hydrogen) atoms. The summed E-state index contributed by atoms with van der Waals surface area (Å²) in [5.74, 6) is -0.272. The molecular formula is C19H16N2O4S. The van der Waals surface area contributed by atoms with Gasteiger partial charge in [-0.2, -0.15) is 0 Å². The Labute approximate surface area is 154 Å². The van der Waals surface area contributed by atoms with Gasteiger partial charge < -0.3 is 9.73 Å². The zero-order chi connectivity index (χ0) is 18.5. The molecule has 3 amide bonds. The van der Waals surface area contributed by atoms with Crippen LogP contribution in [0.1, 0.15) is 11.3 Å². The molecule has 1 aromatic heterocycles. The summed E-state index contributed by atoms with van der Waals surface area (Å²) in [7, 11) is 0. The highest BCUT2D eigenvalue weighted by Crippen LogP contribution is 2.30. The van der Waals surface area contributed by atoms with Crippen molar-refractivity contribution in [1.29, 1.82) is 0 Å². The number of anilines is 1. The third kappa shape index (κ3) is 4.31. The molecule has 2 heterocycles. The zero-order valence-corrected chi connectivity index (χ0v) is 14.8. The van der Waals surface area contributed by atoms with Crippen LogP contribution in [0.25, 0.3) is 6.08 Å². The van der Waals surface area contributed by atoms with Crippen molar-refractivity contribution in [3.63, 3.8) is 0 Å². The van der Waals surface area contributed by atoms with Crippen molar-refractivity contribution in [1.82, 2.24) is 4.90 Å². The summed E-state index contributed by atoms with van der Waals surface area (Å²) in [6.45, 7) is 1.59. The topological polar surface area (TPSA) is 79.6 Å². The summed E-state index contributed by atoms with van der Waals surface area (Å²) in [4.78, 5) is 37.7. The maximum Gasteiger partial charge on any atom is 0.294 e. The van der Waals surface area contributed by atoms with Crippen LogP contribution in [-0.2, 0) is 9.59 Å².